The molecule has 6 nitrogen and oxygen atoms in total. The van der Waals surface area contributed by atoms with Gasteiger partial charge in [-0.25, -0.2) is 9.50 Å². The Morgan fingerprint density at radius 2 is 2.22 bits per heavy atom. The van der Waals surface area contributed by atoms with Crippen molar-refractivity contribution in [3.63, 3.8) is 0 Å². The van der Waals surface area contributed by atoms with E-state index in [1.54, 1.807) is 42.0 Å². The molecule has 0 fully saturated rings. The van der Waals surface area contributed by atoms with Gasteiger partial charge in [-0.15, -0.1) is 5.10 Å². The maximum absolute atomic E-state index is 12.3. The molecule has 0 spiro atoms. The molecule has 2 aromatic heterocycles. The largest absolute Gasteiger partial charge is 0.325 e. The summed E-state index contributed by atoms with van der Waals surface area (Å²) in [5, 5.41) is 7.94. The van der Waals surface area contributed by atoms with Gasteiger partial charge in [-0.2, -0.15) is 4.98 Å². The first-order valence-corrected chi connectivity index (χ1v) is 8.20. The van der Waals surface area contributed by atoms with Crippen molar-refractivity contribution in [3.05, 3.63) is 47.2 Å². The Kier molecular flexibility index (Phi) is 4.49. The third kappa shape index (κ3) is 3.46. The molecule has 1 atom stereocenters. The number of hydrogen-bond acceptors (Lipinski definition) is 5. The fraction of sp³-hybridized carbons (Fsp3) is 0.200. The first kappa shape index (κ1) is 15.8. The Hall–Kier alpha value is -2.12. The van der Waals surface area contributed by atoms with Crippen LogP contribution in [0.25, 0.3) is 5.78 Å². The lowest BCUT2D eigenvalue weighted by Gasteiger charge is -2.12. The second kappa shape index (κ2) is 6.55. The Morgan fingerprint density at radius 3 is 3.00 bits per heavy atom. The van der Waals surface area contributed by atoms with E-state index >= 15 is 0 Å². The number of carbonyl (C=O) groups is 1. The molecule has 1 amide bonds. The molecule has 23 heavy (non-hydrogen) atoms. The normalized spacial score (nSPS) is 12.3. The van der Waals surface area contributed by atoms with Crippen LogP contribution in [0.4, 0.5) is 5.69 Å². The van der Waals surface area contributed by atoms with Crippen LogP contribution in [0, 0.1) is 6.92 Å². The van der Waals surface area contributed by atoms with Gasteiger partial charge in [-0.3, -0.25) is 4.79 Å². The first-order chi connectivity index (χ1) is 11.0. The van der Waals surface area contributed by atoms with Gasteiger partial charge in [0.15, 0.2) is 0 Å². The summed E-state index contributed by atoms with van der Waals surface area (Å²) >= 11 is 7.34. The Labute approximate surface area is 142 Å². The van der Waals surface area contributed by atoms with Crippen LogP contribution in [0.5, 0.6) is 0 Å². The summed E-state index contributed by atoms with van der Waals surface area (Å²) in [7, 11) is 0. The molecule has 1 aromatic carbocycles. The number of nitrogens with one attached hydrogen (secondary N) is 1. The zero-order valence-electron chi connectivity index (χ0n) is 12.5. The topological polar surface area (TPSA) is 72.2 Å². The molecule has 118 valence electrons. The summed E-state index contributed by atoms with van der Waals surface area (Å²) in [5.74, 6) is 0.375. The molecule has 0 radical (unpaired) electrons. The molecule has 3 aromatic rings. The van der Waals surface area contributed by atoms with Gasteiger partial charge in [0.1, 0.15) is 0 Å². The zero-order valence-corrected chi connectivity index (χ0v) is 14.1. The third-order valence-electron chi connectivity index (χ3n) is 3.27. The molecular formula is C15H14ClN5OS. The fourth-order valence-corrected chi connectivity index (χ4v) is 2.88. The van der Waals surface area contributed by atoms with Crippen molar-refractivity contribution in [3.8, 4) is 0 Å². The molecule has 8 heteroatoms. The molecule has 0 aliphatic carbocycles. The molecular weight excluding hydrogens is 334 g/mol. The van der Waals surface area contributed by atoms with Crippen molar-refractivity contribution >= 4 is 40.7 Å². The highest BCUT2D eigenvalue weighted by atomic mass is 35.5. The fourth-order valence-electron chi connectivity index (χ4n) is 1.95. The lowest BCUT2D eigenvalue weighted by Crippen LogP contribution is -2.23. The lowest BCUT2D eigenvalue weighted by atomic mass is 10.2. The molecule has 3 rings (SSSR count). The van der Waals surface area contributed by atoms with E-state index in [1.807, 2.05) is 13.0 Å². The third-order valence-corrected chi connectivity index (χ3v) is 4.63. The minimum Gasteiger partial charge on any atom is -0.325 e. The molecule has 0 saturated heterocycles. The molecule has 0 aliphatic rings. The Morgan fingerprint density at radius 1 is 1.39 bits per heavy atom. The second-order valence-electron chi connectivity index (χ2n) is 4.92. The van der Waals surface area contributed by atoms with E-state index in [2.05, 4.69) is 20.4 Å². The van der Waals surface area contributed by atoms with Gasteiger partial charge in [-0.1, -0.05) is 29.4 Å². The average Bonchev–Trinajstić information content (AvgIpc) is 2.93. The van der Waals surface area contributed by atoms with Crippen molar-refractivity contribution in [2.24, 2.45) is 0 Å². The van der Waals surface area contributed by atoms with Crippen LogP contribution in [-0.2, 0) is 4.79 Å². The maximum atomic E-state index is 12.3. The van der Waals surface area contributed by atoms with Gasteiger partial charge in [0.05, 0.1) is 5.25 Å². The monoisotopic (exact) mass is 347 g/mol. The minimum atomic E-state index is -0.356. The number of aromatic nitrogens is 4. The number of anilines is 1. The number of thioether (sulfide) groups is 1. The highest BCUT2D eigenvalue weighted by molar-refractivity contribution is 8.00. The molecule has 1 unspecified atom stereocenters. The highest BCUT2D eigenvalue weighted by Gasteiger charge is 2.18. The molecule has 1 N–H and O–H groups in total. The van der Waals surface area contributed by atoms with Gasteiger partial charge >= 0.3 is 0 Å². The number of halogens is 1. The van der Waals surface area contributed by atoms with Crippen LogP contribution in [0.2, 0.25) is 5.02 Å². The summed E-state index contributed by atoms with van der Waals surface area (Å²) in [6.07, 6.45) is 3.41. The van der Waals surface area contributed by atoms with E-state index in [0.717, 1.165) is 5.56 Å². The molecule has 0 bridgehead atoms. The van der Waals surface area contributed by atoms with Gasteiger partial charge in [0, 0.05) is 23.1 Å². The number of nitrogens with zero attached hydrogens (tertiary/aromatic N) is 4. The smallest absolute Gasteiger partial charge is 0.253 e. The highest BCUT2D eigenvalue weighted by Crippen LogP contribution is 2.25. The van der Waals surface area contributed by atoms with Crippen LogP contribution in [0.15, 0.2) is 41.8 Å². The van der Waals surface area contributed by atoms with Crippen molar-refractivity contribution in [1.82, 2.24) is 19.6 Å². The van der Waals surface area contributed by atoms with E-state index < -0.39 is 0 Å². The first-order valence-electron chi connectivity index (χ1n) is 6.94. The van der Waals surface area contributed by atoms with Crippen LogP contribution < -0.4 is 5.32 Å². The predicted molar refractivity (Wildman–Crippen MR) is 90.9 cm³/mol. The van der Waals surface area contributed by atoms with Crippen molar-refractivity contribution in [1.29, 1.82) is 0 Å². The van der Waals surface area contributed by atoms with Crippen LogP contribution in [0.1, 0.15) is 12.5 Å². The zero-order chi connectivity index (χ0) is 16.4. The van der Waals surface area contributed by atoms with Crippen molar-refractivity contribution in [2.45, 2.75) is 24.3 Å². The van der Waals surface area contributed by atoms with E-state index in [0.29, 0.717) is 21.6 Å². The van der Waals surface area contributed by atoms with E-state index in [-0.39, 0.29) is 11.2 Å². The average molecular weight is 348 g/mol. The van der Waals surface area contributed by atoms with E-state index in [9.17, 15) is 4.79 Å². The van der Waals surface area contributed by atoms with Crippen molar-refractivity contribution in [2.75, 3.05) is 5.32 Å². The quantitative estimate of drug-likeness (QED) is 0.734. The number of rotatable bonds is 4. The van der Waals surface area contributed by atoms with E-state index in [4.69, 9.17) is 11.6 Å². The summed E-state index contributed by atoms with van der Waals surface area (Å²) in [4.78, 5) is 20.7. The predicted octanol–water partition coefficient (Wildman–Crippen LogP) is 3.21. The van der Waals surface area contributed by atoms with Crippen LogP contribution >= 0.6 is 23.4 Å². The van der Waals surface area contributed by atoms with E-state index in [1.165, 1.54) is 11.8 Å². The van der Waals surface area contributed by atoms with Gasteiger partial charge in [0.25, 0.3) is 5.78 Å². The van der Waals surface area contributed by atoms with Crippen LogP contribution in [-0.4, -0.2) is 30.7 Å². The van der Waals surface area contributed by atoms with Gasteiger partial charge in [0.2, 0.25) is 11.1 Å². The Balaban J connectivity index is 1.71. The van der Waals surface area contributed by atoms with Crippen molar-refractivity contribution < 1.29 is 4.79 Å². The molecule has 0 saturated carbocycles. The summed E-state index contributed by atoms with van der Waals surface area (Å²) < 4.78 is 1.58. The lowest BCUT2D eigenvalue weighted by molar-refractivity contribution is -0.115. The van der Waals surface area contributed by atoms with Crippen LogP contribution in [0.3, 0.4) is 0 Å². The molecule has 2 heterocycles. The number of hydrogen-bond donors (Lipinski definition) is 1. The number of amides is 1. The van der Waals surface area contributed by atoms with Gasteiger partial charge in [-0.05, 0) is 37.6 Å². The second-order valence-corrected chi connectivity index (χ2v) is 6.64. The number of carbonyl (C=O) groups excluding carboxylic acids is 1. The standard InChI is InChI=1S/C15H14ClN5OS/c1-9-11(16)5-3-6-12(9)18-13(22)10(2)23-15-19-14-17-7-4-8-21(14)20-15/h3-8,10H,1-2H3,(H,18,22). The minimum absolute atomic E-state index is 0.132. The maximum Gasteiger partial charge on any atom is 0.253 e. The number of fused-ring (bicyclic) bond motifs is 1. The Bertz CT molecular complexity index is 833. The summed E-state index contributed by atoms with van der Waals surface area (Å²) in [6, 6.07) is 7.19. The SMILES string of the molecule is Cc1c(Cl)cccc1NC(=O)C(C)Sc1nc2ncccn2n1. The number of benzene rings is 1. The van der Waals surface area contributed by atoms with Gasteiger partial charge < -0.3 is 5.32 Å². The molecule has 0 aliphatic heterocycles. The summed E-state index contributed by atoms with van der Waals surface area (Å²) in [6.45, 7) is 3.67. The summed E-state index contributed by atoms with van der Waals surface area (Å²) in [5.41, 5.74) is 1.55.